The fourth-order valence-corrected chi connectivity index (χ4v) is 3.49. The van der Waals surface area contributed by atoms with E-state index in [0.717, 1.165) is 22.6 Å². The number of amides is 3. The van der Waals surface area contributed by atoms with Gasteiger partial charge in [0.15, 0.2) is 0 Å². The second kappa shape index (κ2) is 9.30. The number of anilines is 1. The van der Waals surface area contributed by atoms with Crippen molar-refractivity contribution in [2.24, 2.45) is 5.73 Å². The van der Waals surface area contributed by atoms with Crippen LogP contribution in [0.25, 0.3) is 5.69 Å². The SMILES string of the molecule is Cc1ccc(-n2c(C)cc(CC(=O)Nc3cccc(C(=O)NCC(N)=O)c3)c2C)cc1. The van der Waals surface area contributed by atoms with E-state index in [1.807, 2.05) is 26.8 Å². The lowest BCUT2D eigenvalue weighted by Gasteiger charge is -2.11. The first-order chi connectivity index (χ1) is 14.7. The molecule has 0 spiro atoms. The summed E-state index contributed by atoms with van der Waals surface area (Å²) in [5.74, 6) is -1.24. The molecule has 3 aromatic rings. The number of nitrogens with two attached hydrogens (primary N) is 1. The maximum Gasteiger partial charge on any atom is 0.251 e. The molecule has 160 valence electrons. The van der Waals surface area contributed by atoms with Gasteiger partial charge in [-0.2, -0.15) is 0 Å². The molecule has 0 radical (unpaired) electrons. The first-order valence-corrected chi connectivity index (χ1v) is 9.96. The summed E-state index contributed by atoms with van der Waals surface area (Å²) in [6, 6.07) is 16.8. The molecule has 7 heteroatoms. The summed E-state index contributed by atoms with van der Waals surface area (Å²) in [5, 5.41) is 5.26. The molecule has 3 rings (SSSR count). The summed E-state index contributed by atoms with van der Waals surface area (Å²) in [5.41, 5.74) is 11.1. The summed E-state index contributed by atoms with van der Waals surface area (Å²) in [6.45, 7) is 5.82. The third kappa shape index (κ3) is 5.39. The molecule has 0 aliphatic rings. The Hall–Kier alpha value is -3.87. The molecular formula is C24H26N4O3. The number of primary amides is 1. The standard InChI is InChI=1S/C24H26N4O3/c1-15-7-9-21(10-8-15)28-16(2)11-19(17(28)3)13-23(30)27-20-6-4-5-18(12-20)24(31)26-14-22(25)29/h4-12H,13-14H2,1-3H3,(H2,25,29)(H,26,31)(H,27,30). The number of hydrogen-bond donors (Lipinski definition) is 3. The molecule has 0 fully saturated rings. The van der Waals surface area contributed by atoms with Crippen molar-refractivity contribution in [1.82, 2.24) is 9.88 Å². The third-order valence-corrected chi connectivity index (χ3v) is 5.01. The molecule has 1 heterocycles. The van der Waals surface area contributed by atoms with E-state index in [0.29, 0.717) is 11.3 Å². The lowest BCUT2D eigenvalue weighted by molar-refractivity contribution is -0.117. The van der Waals surface area contributed by atoms with Gasteiger partial charge >= 0.3 is 0 Å². The van der Waals surface area contributed by atoms with E-state index in [1.165, 1.54) is 5.56 Å². The highest BCUT2D eigenvalue weighted by Gasteiger charge is 2.14. The van der Waals surface area contributed by atoms with Crippen LogP contribution in [-0.4, -0.2) is 28.8 Å². The van der Waals surface area contributed by atoms with E-state index in [1.54, 1.807) is 24.3 Å². The Bertz CT molecular complexity index is 1130. The zero-order valence-corrected chi connectivity index (χ0v) is 17.9. The predicted molar refractivity (Wildman–Crippen MR) is 120 cm³/mol. The molecule has 0 saturated heterocycles. The van der Waals surface area contributed by atoms with Gasteiger partial charge in [0.25, 0.3) is 5.91 Å². The minimum atomic E-state index is -0.624. The molecule has 3 amide bonds. The number of nitrogens with zero attached hydrogens (tertiary/aromatic N) is 1. The number of aryl methyl sites for hydroxylation is 2. The Morgan fingerprint density at radius 3 is 2.35 bits per heavy atom. The van der Waals surface area contributed by atoms with Crippen LogP contribution in [0.1, 0.15) is 32.9 Å². The Labute approximate surface area is 181 Å². The van der Waals surface area contributed by atoms with E-state index >= 15 is 0 Å². The van der Waals surface area contributed by atoms with Crippen molar-refractivity contribution < 1.29 is 14.4 Å². The molecule has 0 unspecified atom stereocenters. The molecule has 0 aliphatic carbocycles. The second-order valence-corrected chi connectivity index (χ2v) is 7.52. The van der Waals surface area contributed by atoms with Gasteiger partial charge in [0, 0.05) is 28.3 Å². The topological polar surface area (TPSA) is 106 Å². The van der Waals surface area contributed by atoms with Gasteiger partial charge in [-0.05, 0) is 62.7 Å². The van der Waals surface area contributed by atoms with Gasteiger partial charge < -0.3 is 20.9 Å². The lowest BCUT2D eigenvalue weighted by atomic mass is 10.1. The monoisotopic (exact) mass is 418 g/mol. The second-order valence-electron chi connectivity index (χ2n) is 7.52. The van der Waals surface area contributed by atoms with Crippen LogP contribution in [-0.2, 0) is 16.0 Å². The summed E-state index contributed by atoms with van der Waals surface area (Å²) < 4.78 is 2.13. The summed E-state index contributed by atoms with van der Waals surface area (Å²) >= 11 is 0. The van der Waals surface area contributed by atoms with Gasteiger partial charge in [0.1, 0.15) is 0 Å². The third-order valence-electron chi connectivity index (χ3n) is 5.01. The molecule has 31 heavy (non-hydrogen) atoms. The van der Waals surface area contributed by atoms with Gasteiger partial charge in [-0.3, -0.25) is 14.4 Å². The normalized spacial score (nSPS) is 10.5. The van der Waals surface area contributed by atoms with E-state index in [-0.39, 0.29) is 18.9 Å². The summed E-state index contributed by atoms with van der Waals surface area (Å²) in [6.07, 6.45) is 0.212. The highest BCUT2D eigenvalue weighted by Crippen LogP contribution is 2.22. The number of aromatic nitrogens is 1. The number of hydrogen-bond acceptors (Lipinski definition) is 3. The van der Waals surface area contributed by atoms with Crippen molar-refractivity contribution in [2.45, 2.75) is 27.2 Å². The van der Waals surface area contributed by atoms with Gasteiger partial charge in [-0.15, -0.1) is 0 Å². The van der Waals surface area contributed by atoms with Crippen molar-refractivity contribution in [1.29, 1.82) is 0 Å². The van der Waals surface area contributed by atoms with Crippen LogP contribution in [0.15, 0.2) is 54.6 Å². The predicted octanol–water partition coefficient (Wildman–Crippen LogP) is 2.80. The average Bonchev–Trinajstić information content (AvgIpc) is 3.00. The van der Waals surface area contributed by atoms with Crippen LogP contribution >= 0.6 is 0 Å². The number of rotatable bonds is 7. The average molecular weight is 418 g/mol. The first-order valence-electron chi connectivity index (χ1n) is 9.96. The van der Waals surface area contributed by atoms with E-state index in [9.17, 15) is 14.4 Å². The first kappa shape index (κ1) is 21.8. The summed E-state index contributed by atoms with van der Waals surface area (Å²) in [7, 11) is 0. The van der Waals surface area contributed by atoms with Crippen LogP contribution in [0.2, 0.25) is 0 Å². The van der Waals surface area contributed by atoms with Crippen LogP contribution in [0.5, 0.6) is 0 Å². The minimum Gasteiger partial charge on any atom is -0.368 e. The molecule has 4 N–H and O–H groups in total. The molecule has 1 aromatic heterocycles. The zero-order valence-electron chi connectivity index (χ0n) is 17.9. The highest BCUT2D eigenvalue weighted by atomic mass is 16.2. The Kier molecular flexibility index (Phi) is 6.55. The Balaban J connectivity index is 1.71. The van der Waals surface area contributed by atoms with E-state index < -0.39 is 11.8 Å². The fraction of sp³-hybridized carbons (Fsp3) is 0.208. The van der Waals surface area contributed by atoms with Crippen molar-refractivity contribution in [2.75, 3.05) is 11.9 Å². The molecule has 0 atom stereocenters. The molecule has 0 saturated carbocycles. The molecular weight excluding hydrogens is 392 g/mol. The van der Waals surface area contributed by atoms with Crippen LogP contribution < -0.4 is 16.4 Å². The van der Waals surface area contributed by atoms with Crippen molar-refractivity contribution in [3.8, 4) is 5.69 Å². The number of nitrogens with one attached hydrogen (secondary N) is 2. The largest absolute Gasteiger partial charge is 0.368 e. The fourth-order valence-electron chi connectivity index (χ4n) is 3.49. The van der Waals surface area contributed by atoms with Crippen LogP contribution in [0.3, 0.4) is 0 Å². The zero-order chi connectivity index (χ0) is 22.5. The maximum absolute atomic E-state index is 12.6. The minimum absolute atomic E-state index is 0.182. The van der Waals surface area contributed by atoms with Gasteiger partial charge in [0.05, 0.1) is 13.0 Å². The van der Waals surface area contributed by atoms with E-state index in [2.05, 4.69) is 39.5 Å². The van der Waals surface area contributed by atoms with Gasteiger partial charge in [-0.25, -0.2) is 0 Å². The molecule has 0 bridgehead atoms. The lowest BCUT2D eigenvalue weighted by Crippen LogP contribution is -2.33. The summed E-state index contributed by atoms with van der Waals surface area (Å²) in [4.78, 5) is 35.6. The maximum atomic E-state index is 12.6. The Morgan fingerprint density at radius 1 is 0.968 bits per heavy atom. The van der Waals surface area contributed by atoms with Crippen molar-refractivity contribution >= 4 is 23.4 Å². The van der Waals surface area contributed by atoms with Gasteiger partial charge in [-0.1, -0.05) is 23.8 Å². The van der Waals surface area contributed by atoms with Crippen molar-refractivity contribution in [3.05, 3.63) is 82.7 Å². The highest BCUT2D eigenvalue weighted by molar-refractivity contribution is 5.98. The molecule has 2 aromatic carbocycles. The van der Waals surface area contributed by atoms with Crippen LogP contribution in [0.4, 0.5) is 5.69 Å². The number of carbonyl (C=O) groups is 3. The van der Waals surface area contributed by atoms with Crippen LogP contribution in [0, 0.1) is 20.8 Å². The number of carbonyl (C=O) groups excluding carboxylic acids is 3. The quantitative estimate of drug-likeness (QED) is 0.549. The van der Waals surface area contributed by atoms with E-state index in [4.69, 9.17) is 5.73 Å². The number of benzene rings is 2. The Morgan fingerprint density at radius 2 is 1.68 bits per heavy atom. The van der Waals surface area contributed by atoms with Crippen molar-refractivity contribution in [3.63, 3.8) is 0 Å². The molecule has 7 nitrogen and oxygen atoms in total. The molecule has 0 aliphatic heterocycles. The van der Waals surface area contributed by atoms with Gasteiger partial charge in [0.2, 0.25) is 11.8 Å². The smallest absolute Gasteiger partial charge is 0.251 e.